The summed E-state index contributed by atoms with van der Waals surface area (Å²) in [5.41, 5.74) is 1.69. The van der Waals surface area contributed by atoms with Crippen molar-refractivity contribution in [2.75, 3.05) is 10.6 Å². The average molecular weight is 385 g/mol. The lowest BCUT2D eigenvalue weighted by molar-refractivity contribution is 0.0995. The molecule has 120 valence electrons. The Morgan fingerprint density at radius 2 is 1.50 bits per heavy atom. The van der Waals surface area contributed by atoms with Crippen molar-refractivity contribution in [3.63, 3.8) is 0 Å². The molecule has 0 aliphatic rings. The van der Waals surface area contributed by atoms with Crippen molar-refractivity contribution in [2.45, 2.75) is 0 Å². The molecule has 2 aromatic carbocycles. The smallest absolute Gasteiger partial charge is 0.291 e. The fourth-order valence-electron chi connectivity index (χ4n) is 2.08. The monoisotopic (exact) mass is 384 g/mol. The molecular weight excluding hydrogens is 372 g/mol. The number of furan rings is 1. The summed E-state index contributed by atoms with van der Waals surface area (Å²) in [5, 5.41) is 5.51. The summed E-state index contributed by atoms with van der Waals surface area (Å²) in [4.78, 5) is 24.2. The van der Waals surface area contributed by atoms with Crippen molar-refractivity contribution in [1.82, 2.24) is 0 Å². The SMILES string of the molecule is O=C(Nc1cccc(NC(=O)c2ccco2)c1)c1ccc(Br)cc1. The van der Waals surface area contributed by atoms with E-state index in [1.807, 2.05) is 0 Å². The van der Waals surface area contributed by atoms with Gasteiger partial charge < -0.3 is 15.1 Å². The van der Waals surface area contributed by atoms with Crippen LogP contribution < -0.4 is 10.6 Å². The Balaban J connectivity index is 1.70. The molecule has 1 heterocycles. The lowest BCUT2D eigenvalue weighted by atomic mass is 10.2. The summed E-state index contributed by atoms with van der Waals surface area (Å²) in [5.74, 6) is -0.354. The van der Waals surface area contributed by atoms with Crippen LogP contribution >= 0.6 is 15.9 Å². The molecule has 24 heavy (non-hydrogen) atoms. The van der Waals surface area contributed by atoms with E-state index in [0.29, 0.717) is 16.9 Å². The molecule has 0 fully saturated rings. The van der Waals surface area contributed by atoms with Gasteiger partial charge in [0.25, 0.3) is 11.8 Å². The summed E-state index contributed by atoms with van der Waals surface area (Å²) in [7, 11) is 0. The van der Waals surface area contributed by atoms with Crippen LogP contribution in [0.2, 0.25) is 0 Å². The number of carbonyl (C=O) groups is 2. The Morgan fingerprint density at radius 1 is 0.833 bits per heavy atom. The number of rotatable bonds is 4. The standard InChI is InChI=1S/C18H13BrN2O3/c19-13-8-6-12(7-9-13)17(22)20-14-3-1-4-15(11-14)21-18(23)16-5-2-10-24-16/h1-11H,(H,20,22)(H,21,23). The van der Waals surface area contributed by atoms with Crippen molar-refractivity contribution in [3.05, 3.63) is 82.7 Å². The van der Waals surface area contributed by atoms with E-state index in [-0.39, 0.29) is 17.6 Å². The summed E-state index contributed by atoms with van der Waals surface area (Å²) in [6.45, 7) is 0. The highest BCUT2D eigenvalue weighted by atomic mass is 79.9. The van der Waals surface area contributed by atoms with Crippen LogP contribution in [0.5, 0.6) is 0 Å². The zero-order chi connectivity index (χ0) is 16.9. The first-order valence-electron chi connectivity index (χ1n) is 7.14. The van der Waals surface area contributed by atoms with Gasteiger partial charge in [0.05, 0.1) is 6.26 Å². The van der Waals surface area contributed by atoms with Crippen molar-refractivity contribution >= 4 is 39.1 Å². The first kappa shape index (κ1) is 16.0. The lowest BCUT2D eigenvalue weighted by Crippen LogP contribution is -2.13. The fraction of sp³-hybridized carbons (Fsp3) is 0. The third-order valence-electron chi connectivity index (χ3n) is 3.23. The zero-order valence-corrected chi connectivity index (χ0v) is 14.0. The Hall–Kier alpha value is -2.86. The number of anilines is 2. The van der Waals surface area contributed by atoms with Crippen molar-refractivity contribution in [2.24, 2.45) is 0 Å². The maximum atomic E-state index is 12.2. The Morgan fingerprint density at radius 3 is 2.12 bits per heavy atom. The Kier molecular flexibility index (Phi) is 4.77. The molecule has 1 aromatic heterocycles. The van der Waals surface area contributed by atoms with Gasteiger partial charge in [0, 0.05) is 21.4 Å². The number of hydrogen-bond acceptors (Lipinski definition) is 3. The highest BCUT2D eigenvalue weighted by Crippen LogP contribution is 2.18. The molecule has 3 rings (SSSR count). The van der Waals surface area contributed by atoms with Crippen LogP contribution in [0.3, 0.4) is 0 Å². The summed E-state index contributed by atoms with van der Waals surface area (Å²) in [6.07, 6.45) is 1.43. The molecule has 0 saturated heterocycles. The number of amides is 2. The van der Waals surface area contributed by atoms with E-state index in [0.717, 1.165) is 4.47 Å². The fourth-order valence-corrected chi connectivity index (χ4v) is 2.34. The third kappa shape index (κ3) is 3.91. The van der Waals surface area contributed by atoms with E-state index in [9.17, 15) is 9.59 Å². The van der Waals surface area contributed by atoms with Crippen molar-refractivity contribution < 1.29 is 14.0 Å². The summed E-state index contributed by atoms with van der Waals surface area (Å²) < 4.78 is 5.95. The molecule has 0 saturated carbocycles. The molecule has 0 unspecified atom stereocenters. The van der Waals surface area contributed by atoms with Gasteiger partial charge in [-0.2, -0.15) is 0 Å². The molecular formula is C18H13BrN2O3. The maximum Gasteiger partial charge on any atom is 0.291 e. The third-order valence-corrected chi connectivity index (χ3v) is 3.76. The van der Waals surface area contributed by atoms with Crippen molar-refractivity contribution in [1.29, 1.82) is 0 Å². The van der Waals surface area contributed by atoms with E-state index < -0.39 is 0 Å². The van der Waals surface area contributed by atoms with Gasteiger partial charge in [-0.05, 0) is 54.6 Å². The second-order valence-corrected chi connectivity index (χ2v) is 5.89. The molecule has 0 spiro atoms. The van der Waals surface area contributed by atoms with Gasteiger partial charge in [0.15, 0.2) is 5.76 Å². The largest absolute Gasteiger partial charge is 0.459 e. The summed E-state index contributed by atoms with van der Waals surface area (Å²) in [6, 6.07) is 17.2. The van der Waals surface area contributed by atoms with Crippen LogP contribution in [-0.4, -0.2) is 11.8 Å². The number of nitrogens with one attached hydrogen (secondary N) is 2. The quantitative estimate of drug-likeness (QED) is 0.692. The van der Waals surface area contributed by atoms with Gasteiger partial charge in [0.2, 0.25) is 0 Å². The molecule has 2 N–H and O–H groups in total. The van der Waals surface area contributed by atoms with E-state index in [2.05, 4.69) is 26.6 Å². The molecule has 0 aliphatic heterocycles. The minimum atomic E-state index is -0.351. The normalized spacial score (nSPS) is 10.2. The predicted octanol–water partition coefficient (Wildman–Crippen LogP) is 4.55. The molecule has 0 radical (unpaired) electrons. The zero-order valence-electron chi connectivity index (χ0n) is 12.5. The van der Waals surface area contributed by atoms with Gasteiger partial charge in [-0.1, -0.05) is 22.0 Å². The van der Waals surface area contributed by atoms with Gasteiger partial charge in [-0.3, -0.25) is 9.59 Å². The maximum absolute atomic E-state index is 12.2. The van der Waals surface area contributed by atoms with E-state index in [1.54, 1.807) is 60.7 Å². The van der Waals surface area contributed by atoms with Gasteiger partial charge in [-0.25, -0.2) is 0 Å². The van der Waals surface area contributed by atoms with Crippen molar-refractivity contribution in [3.8, 4) is 0 Å². The van der Waals surface area contributed by atoms with Crippen LogP contribution in [-0.2, 0) is 0 Å². The molecule has 0 aliphatic carbocycles. The number of carbonyl (C=O) groups excluding carboxylic acids is 2. The summed E-state index contributed by atoms with van der Waals surface area (Å²) >= 11 is 3.33. The molecule has 0 atom stereocenters. The molecule has 6 heteroatoms. The second kappa shape index (κ2) is 7.14. The highest BCUT2D eigenvalue weighted by Gasteiger charge is 2.10. The first-order chi connectivity index (χ1) is 11.6. The van der Waals surface area contributed by atoms with E-state index >= 15 is 0 Å². The molecule has 5 nitrogen and oxygen atoms in total. The van der Waals surface area contributed by atoms with E-state index in [1.165, 1.54) is 6.26 Å². The molecule has 2 amide bonds. The highest BCUT2D eigenvalue weighted by molar-refractivity contribution is 9.10. The molecule has 0 bridgehead atoms. The number of hydrogen-bond donors (Lipinski definition) is 2. The lowest BCUT2D eigenvalue weighted by Gasteiger charge is -2.08. The van der Waals surface area contributed by atoms with Gasteiger partial charge >= 0.3 is 0 Å². The Bertz CT molecular complexity index is 858. The Labute approximate surface area is 146 Å². The van der Waals surface area contributed by atoms with Crippen LogP contribution in [0, 0.1) is 0 Å². The number of benzene rings is 2. The second-order valence-electron chi connectivity index (χ2n) is 4.97. The number of halogens is 1. The first-order valence-corrected chi connectivity index (χ1v) is 7.93. The topological polar surface area (TPSA) is 71.3 Å². The van der Waals surface area contributed by atoms with Crippen LogP contribution in [0.25, 0.3) is 0 Å². The predicted molar refractivity (Wildman–Crippen MR) is 95.2 cm³/mol. The van der Waals surface area contributed by atoms with Crippen LogP contribution in [0.4, 0.5) is 11.4 Å². The van der Waals surface area contributed by atoms with Gasteiger partial charge in [0.1, 0.15) is 0 Å². The van der Waals surface area contributed by atoms with Gasteiger partial charge in [-0.15, -0.1) is 0 Å². The van der Waals surface area contributed by atoms with E-state index in [4.69, 9.17) is 4.42 Å². The minimum absolute atomic E-state index is 0.222. The molecule has 3 aromatic rings. The minimum Gasteiger partial charge on any atom is -0.459 e. The van der Waals surface area contributed by atoms with Crippen LogP contribution in [0.1, 0.15) is 20.9 Å². The van der Waals surface area contributed by atoms with Crippen LogP contribution in [0.15, 0.2) is 75.8 Å². The average Bonchev–Trinajstić information content (AvgIpc) is 3.10.